The lowest BCUT2D eigenvalue weighted by Gasteiger charge is -2.43. The van der Waals surface area contributed by atoms with Gasteiger partial charge in [0.15, 0.2) is 0 Å². The molecule has 0 spiro atoms. The van der Waals surface area contributed by atoms with Gasteiger partial charge in [0.25, 0.3) is 0 Å². The molecule has 0 radical (unpaired) electrons. The van der Waals surface area contributed by atoms with Crippen molar-refractivity contribution < 1.29 is 9.53 Å². The van der Waals surface area contributed by atoms with Crippen molar-refractivity contribution in [3.63, 3.8) is 0 Å². The van der Waals surface area contributed by atoms with Gasteiger partial charge in [-0.3, -0.25) is 9.69 Å². The maximum absolute atomic E-state index is 12.9. The van der Waals surface area contributed by atoms with Crippen LogP contribution in [0.4, 0.5) is 5.82 Å². The van der Waals surface area contributed by atoms with E-state index in [0.29, 0.717) is 30.2 Å². The number of carbonyl (C=O) groups excluding carboxylic acids is 1. The van der Waals surface area contributed by atoms with Gasteiger partial charge in [-0.1, -0.05) is 11.6 Å². The summed E-state index contributed by atoms with van der Waals surface area (Å²) in [7, 11) is 0. The number of halogens is 1. The summed E-state index contributed by atoms with van der Waals surface area (Å²) in [5, 5.41) is 0.679. The van der Waals surface area contributed by atoms with Crippen LogP contribution < -0.4 is 4.90 Å². The Labute approximate surface area is 166 Å². The first-order valence-electron chi connectivity index (χ1n) is 10.2. The van der Waals surface area contributed by atoms with Crippen LogP contribution in [-0.2, 0) is 9.53 Å². The van der Waals surface area contributed by atoms with Crippen LogP contribution in [0.3, 0.4) is 0 Å². The molecule has 0 unspecified atom stereocenters. The zero-order valence-corrected chi connectivity index (χ0v) is 16.6. The fourth-order valence-corrected chi connectivity index (χ4v) is 4.71. The largest absolute Gasteiger partial charge is 0.378 e. The summed E-state index contributed by atoms with van der Waals surface area (Å²) in [6, 6.07) is 4.48. The number of rotatable bonds is 3. The summed E-state index contributed by atoms with van der Waals surface area (Å²) in [6.45, 7) is 6.93. The number of nitrogens with zero attached hydrogens (tertiary/aromatic N) is 4. The third kappa shape index (κ3) is 4.55. The van der Waals surface area contributed by atoms with E-state index in [9.17, 15) is 4.79 Å². The summed E-state index contributed by atoms with van der Waals surface area (Å²) < 4.78 is 5.39. The van der Waals surface area contributed by atoms with Crippen LogP contribution in [0.15, 0.2) is 18.3 Å². The first-order valence-corrected chi connectivity index (χ1v) is 10.6. The molecule has 1 atom stereocenters. The zero-order chi connectivity index (χ0) is 18.6. The Morgan fingerprint density at radius 2 is 1.85 bits per heavy atom. The van der Waals surface area contributed by atoms with Gasteiger partial charge in [0.05, 0.1) is 24.2 Å². The fourth-order valence-electron chi connectivity index (χ4n) is 4.60. The molecule has 27 heavy (non-hydrogen) atoms. The van der Waals surface area contributed by atoms with E-state index in [0.717, 1.165) is 70.8 Å². The smallest absolute Gasteiger partial charge is 0.227 e. The maximum Gasteiger partial charge on any atom is 0.227 e. The molecule has 4 heterocycles. The lowest BCUT2D eigenvalue weighted by Crippen LogP contribution is -2.52. The Morgan fingerprint density at radius 1 is 1.07 bits per heavy atom. The van der Waals surface area contributed by atoms with Crippen molar-refractivity contribution in [1.82, 2.24) is 14.8 Å². The van der Waals surface area contributed by atoms with E-state index < -0.39 is 0 Å². The number of likely N-dealkylation sites (tertiary alicyclic amines) is 1. The number of ether oxygens (including phenoxy) is 1. The number of morpholine rings is 1. The van der Waals surface area contributed by atoms with Gasteiger partial charge in [0.2, 0.25) is 5.91 Å². The SMILES string of the molecule is O=C([C@H]1CCCN(C2CCN(c3ccc(Cl)cn3)CC2)C1)N1CCOCC1. The van der Waals surface area contributed by atoms with Crippen LogP contribution in [0.1, 0.15) is 25.7 Å². The first kappa shape index (κ1) is 19.0. The van der Waals surface area contributed by atoms with Crippen molar-refractivity contribution in [2.24, 2.45) is 5.92 Å². The summed E-state index contributed by atoms with van der Waals surface area (Å²) >= 11 is 5.94. The maximum atomic E-state index is 12.9. The van der Waals surface area contributed by atoms with Crippen molar-refractivity contribution in [3.8, 4) is 0 Å². The Hall–Kier alpha value is -1.37. The summed E-state index contributed by atoms with van der Waals surface area (Å²) in [5.41, 5.74) is 0. The topological polar surface area (TPSA) is 48.9 Å². The molecule has 1 aromatic heterocycles. The molecule has 7 heteroatoms. The molecule has 4 rings (SSSR count). The highest BCUT2D eigenvalue weighted by Gasteiger charge is 2.34. The zero-order valence-electron chi connectivity index (χ0n) is 15.9. The van der Waals surface area contributed by atoms with Crippen molar-refractivity contribution in [1.29, 1.82) is 0 Å². The minimum absolute atomic E-state index is 0.160. The molecule has 0 bridgehead atoms. The van der Waals surface area contributed by atoms with Crippen LogP contribution in [0, 0.1) is 5.92 Å². The summed E-state index contributed by atoms with van der Waals surface area (Å²) in [4.78, 5) is 24.2. The van der Waals surface area contributed by atoms with Crippen molar-refractivity contribution in [3.05, 3.63) is 23.4 Å². The minimum atomic E-state index is 0.160. The fraction of sp³-hybridized carbons (Fsp3) is 0.700. The van der Waals surface area contributed by atoms with E-state index in [1.807, 2.05) is 17.0 Å². The van der Waals surface area contributed by atoms with E-state index >= 15 is 0 Å². The molecule has 3 saturated heterocycles. The van der Waals surface area contributed by atoms with Gasteiger partial charge in [-0.15, -0.1) is 0 Å². The molecule has 6 nitrogen and oxygen atoms in total. The molecular weight excluding hydrogens is 364 g/mol. The number of pyridine rings is 1. The van der Waals surface area contributed by atoms with Crippen molar-refractivity contribution >= 4 is 23.3 Å². The summed E-state index contributed by atoms with van der Waals surface area (Å²) in [5.74, 6) is 1.51. The van der Waals surface area contributed by atoms with Crippen LogP contribution in [0.25, 0.3) is 0 Å². The third-order valence-electron chi connectivity index (χ3n) is 6.14. The Kier molecular flexibility index (Phi) is 6.15. The number of piperidine rings is 2. The van der Waals surface area contributed by atoms with E-state index in [-0.39, 0.29) is 5.92 Å². The van der Waals surface area contributed by atoms with Gasteiger partial charge in [-0.2, -0.15) is 0 Å². The standard InChI is InChI=1S/C20H29ClN4O2/c21-17-3-4-19(22-14-17)23-8-5-18(6-9-23)25-7-1-2-16(15-25)20(26)24-10-12-27-13-11-24/h3-4,14,16,18H,1-2,5-13,15H2/t16-/m0/s1. The molecule has 3 fully saturated rings. The highest BCUT2D eigenvalue weighted by molar-refractivity contribution is 6.30. The van der Waals surface area contributed by atoms with Crippen LogP contribution in [0.5, 0.6) is 0 Å². The van der Waals surface area contributed by atoms with Crippen molar-refractivity contribution in [2.75, 3.05) is 57.4 Å². The van der Waals surface area contributed by atoms with E-state index in [1.54, 1.807) is 6.20 Å². The van der Waals surface area contributed by atoms with E-state index in [4.69, 9.17) is 16.3 Å². The normalized spacial score (nSPS) is 25.6. The lowest BCUT2D eigenvalue weighted by atomic mass is 9.92. The number of aromatic nitrogens is 1. The number of anilines is 1. The van der Waals surface area contributed by atoms with Crippen LogP contribution >= 0.6 is 11.6 Å². The first-order chi connectivity index (χ1) is 13.2. The Morgan fingerprint density at radius 3 is 2.56 bits per heavy atom. The van der Waals surface area contributed by atoms with Gasteiger partial charge in [-0.05, 0) is 44.4 Å². The second kappa shape index (κ2) is 8.76. The third-order valence-corrected chi connectivity index (χ3v) is 6.37. The average molecular weight is 393 g/mol. The summed E-state index contributed by atoms with van der Waals surface area (Å²) in [6.07, 6.45) is 6.13. The second-order valence-electron chi connectivity index (χ2n) is 7.82. The molecule has 148 valence electrons. The molecule has 3 aliphatic rings. The molecular formula is C20H29ClN4O2. The number of hydrogen-bond acceptors (Lipinski definition) is 5. The predicted octanol–water partition coefficient (Wildman–Crippen LogP) is 2.27. The Bertz CT molecular complexity index is 627. The number of amides is 1. The molecule has 1 aromatic rings. The highest BCUT2D eigenvalue weighted by atomic mass is 35.5. The van der Waals surface area contributed by atoms with Gasteiger partial charge in [0.1, 0.15) is 5.82 Å². The van der Waals surface area contributed by atoms with Gasteiger partial charge in [0, 0.05) is 45.0 Å². The molecule has 1 amide bonds. The number of hydrogen-bond donors (Lipinski definition) is 0. The minimum Gasteiger partial charge on any atom is -0.378 e. The van der Waals surface area contributed by atoms with Gasteiger partial charge < -0.3 is 14.5 Å². The predicted molar refractivity (Wildman–Crippen MR) is 106 cm³/mol. The van der Waals surface area contributed by atoms with E-state index in [1.165, 1.54) is 0 Å². The molecule has 0 saturated carbocycles. The molecule has 3 aliphatic heterocycles. The van der Waals surface area contributed by atoms with Gasteiger partial charge >= 0.3 is 0 Å². The second-order valence-corrected chi connectivity index (χ2v) is 8.26. The van der Waals surface area contributed by atoms with E-state index in [2.05, 4.69) is 14.8 Å². The quantitative estimate of drug-likeness (QED) is 0.789. The van der Waals surface area contributed by atoms with Gasteiger partial charge in [-0.25, -0.2) is 4.98 Å². The highest BCUT2D eigenvalue weighted by Crippen LogP contribution is 2.27. The molecule has 0 aliphatic carbocycles. The lowest BCUT2D eigenvalue weighted by molar-refractivity contribution is -0.141. The Balaban J connectivity index is 1.30. The number of carbonyl (C=O) groups is 1. The van der Waals surface area contributed by atoms with Crippen molar-refractivity contribution in [2.45, 2.75) is 31.7 Å². The molecule has 0 N–H and O–H groups in total. The van der Waals surface area contributed by atoms with Crippen LogP contribution in [0.2, 0.25) is 5.02 Å². The monoisotopic (exact) mass is 392 g/mol. The van der Waals surface area contributed by atoms with Crippen LogP contribution in [-0.4, -0.2) is 79.2 Å². The average Bonchev–Trinajstić information content (AvgIpc) is 2.75. The molecule has 0 aromatic carbocycles.